The first-order valence-electron chi connectivity index (χ1n) is 5.53. The summed E-state index contributed by atoms with van der Waals surface area (Å²) in [5.41, 5.74) is 0. The first-order chi connectivity index (χ1) is 6.49. The highest BCUT2D eigenvalue weighted by Crippen LogP contribution is 2.10. The fourth-order valence-corrected chi connectivity index (χ4v) is 2.60. The van der Waals surface area contributed by atoms with Crippen molar-refractivity contribution in [1.82, 2.24) is 5.32 Å². The minimum absolute atomic E-state index is 0.333. The summed E-state index contributed by atoms with van der Waals surface area (Å²) in [5, 5.41) is 3.52. The van der Waals surface area contributed by atoms with Crippen molar-refractivity contribution in [1.29, 1.82) is 0 Å². The van der Waals surface area contributed by atoms with Crippen LogP contribution in [0, 0.1) is 5.92 Å². The van der Waals surface area contributed by atoms with Gasteiger partial charge in [-0.2, -0.15) is 0 Å². The van der Waals surface area contributed by atoms with E-state index < -0.39 is 10.8 Å². The van der Waals surface area contributed by atoms with Gasteiger partial charge in [0, 0.05) is 27.8 Å². The summed E-state index contributed by atoms with van der Waals surface area (Å²) in [4.78, 5) is 0. The summed E-state index contributed by atoms with van der Waals surface area (Å²) >= 11 is 0. The molecule has 1 N–H and O–H groups in total. The van der Waals surface area contributed by atoms with Gasteiger partial charge in [0.15, 0.2) is 0 Å². The third-order valence-corrected chi connectivity index (χ3v) is 4.89. The van der Waals surface area contributed by atoms with Gasteiger partial charge in [-0.1, -0.05) is 20.8 Å². The Morgan fingerprint density at radius 2 is 1.79 bits per heavy atom. The molecule has 0 rings (SSSR count). The summed E-state index contributed by atoms with van der Waals surface area (Å²) in [6, 6.07) is 0.543. The fourth-order valence-electron chi connectivity index (χ4n) is 1.17. The van der Waals surface area contributed by atoms with E-state index in [4.69, 9.17) is 0 Å². The fraction of sp³-hybridized carbons (Fsp3) is 1.00. The van der Waals surface area contributed by atoms with Crippen molar-refractivity contribution in [2.24, 2.45) is 5.92 Å². The Kier molecular flexibility index (Phi) is 7.47. The SMILES string of the molecule is CNC(C)CCCS(=O)C(C)C(C)C. The lowest BCUT2D eigenvalue weighted by Gasteiger charge is -2.15. The molecule has 0 amide bonds. The minimum Gasteiger partial charge on any atom is -0.317 e. The quantitative estimate of drug-likeness (QED) is 0.711. The van der Waals surface area contributed by atoms with Gasteiger partial charge < -0.3 is 5.32 Å². The topological polar surface area (TPSA) is 29.1 Å². The van der Waals surface area contributed by atoms with E-state index in [-0.39, 0.29) is 0 Å². The van der Waals surface area contributed by atoms with Gasteiger partial charge in [-0.3, -0.25) is 4.21 Å². The van der Waals surface area contributed by atoms with E-state index in [1.165, 1.54) is 0 Å². The lowest BCUT2D eigenvalue weighted by molar-refractivity contribution is 0.553. The van der Waals surface area contributed by atoms with Crippen LogP contribution in [0.4, 0.5) is 0 Å². The highest BCUT2D eigenvalue weighted by Gasteiger charge is 2.14. The third-order valence-electron chi connectivity index (χ3n) is 2.83. The molecule has 0 aromatic rings. The summed E-state index contributed by atoms with van der Waals surface area (Å²) in [6.45, 7) is 8.52. The maximum atomic E-state index is 11.7. The molecule has 0 saturated heterocycles. The van der Waals surface area contributed by atoms with Crippen molar-refractivity contribution in [3.05, 3.63) is 0 Å². The maximum Gasteiger partial charge on any atom is 0.0342 e. The summed E-state index contributed by atoms with van der Waals surface area (Å²) in [7, 11) is 1.33. The molecule has 0 aromatic carbocycles. The Morgan fingerprint density at radius 3 is 2.21 bits per heavy atom. The van der Waals surface area contributed by atoms with Gasteiger partial charge in [0.2, 0.25) is 0 Å². The van der Waals surface area contributed by atoms with Crippen LogP contribution in [-0.4, -0.2) is 28.3 Å². The van der Waals surface area contributed by atoms with Gasteiger partial charge in [-0.15, -0.1) is 0 Å². The molecule has 3 atom stereocenters. The molecule has 14 heavy (non-hydrogen) atoms. The second-order valence-electron chi connectivity index (χ2n) is 4.37. The third kappa shape index (κ3) is 5.76. The number of rotatable bonds is 7. The molecule has 0 aromatic heterocycles. The van der Waals surface area contributed by atoms with Gasteiger partial charge in [0.05, 0.1) is 0 Å². The normalized spacial score (nSPS) is 18.1. The number of hydrogen-bond donors (Lipinski definition) is 1. The van der Waals surface area contributed by atoms with Crippen molar-refractivity contribution >= 4 is 10.8 Å². The zero-order valence-electron chi connectivity index (χ0n) is 10.2. The molecule has 0 spiro atoms. The van der Waals surface area contributed by atoms with Gasteiger partial charge in [-0.05, 0) is 32.7 Å². The van der Waals surface area contributed by atoms with Crippen LogP contribution in [0.25, 0.3) is 0 Å². The van der Waals surface area contributed by atoms with E-state index >= 15 is 0 Å². The summed E-state index contributed by atoms with van der Waals surface area (Å²) < 4.78 is 11.7. The Hall–Kier alpha value is 0.110. The van der Waals surface area contributed by atoms with Gasteiger partial charge in [0.1, 0.15) is 0 Å². The maximum absolute atomic E-state index is 11.7. The van der Waals surface area contributed by atoms with Crippen LogP contribution in [-0.2, 0) is 10.8 Å². The zero-order valence-corrected chi connectivity index (χ0v) is 11.0. The van der Waals surface area contributed by atoms with E-state index in [9.17, 15) is 4.21 Å². The van der Waals surface area contributed by atoms with Crippen LogP contribution in [0.2, 0.25) is 0 Å². The van der Waals surface area contributed by atoms with Crippen LogP contribution in [0.15, 0.2) is 0 Å². The van der Waals surface area contributed by atoms with Crippen molar-refractivity contribution in [2.75, 3.05) is 12.8 Å². The largest absolute Gasteiger partial charge is 0.317 e. The molecular formula is C11H25NOS. The van der Waals surface area contributed by atoms with E-state index in [1.807, 2.05) is 7.05 Å². The van der Waals surface area contributed by atoms with Crippen LogP contribution in [0.3, 0.4) is 0 Å². The summed E-state index contributed by atoms with van der Waals surface area (Å²) in [5.74, 6) is 1.38. The molecule has 0 saturated carbocycles. The molecular weight excluding hydrogens is 194 g/mol. The average molecular weight is 219 g/mol. The average Bonchev–Trinajstić information content (AvgIpc) is 2.15. The van der Waals surface area contributed by atoms with Crippen molar-refractivity contribution in [2.45, 2.75) is 51.8 Å². The van der Waals surface area contributed by atoms with Crippen molar-refractivity contribution in [3.8, 4) is 0 Å². The molecule has 0 aliphatic carbocycles. The Morgan fingerprint density at radius 1 is 1.21 bits per heavy atom. The first kappa shape index (κ1) is 14.1. The van der Waals surface area contributed by atoms with E-state index in [1.54, 1.807) is 0 Å². The first-order valence-corrected chi connectivity index (χ1v) is 6.91. The Labute approximate surface area is 91.3 Å². The molecule has 3 heteroatoms. The highest BCUT2D eigenvalue weighted by molar-refractivity contribution is 7.85. The molecule has 0 aliphatic heterocycles. The van der Waals surface area contributed by atoms with Crippen LogP contribution >= 0.6 is 0 Å². The van der Waals surface area contributed by atoms with Crippen LogP contribution in [0.5, 0.6) is 0 Å². The molecule has 2 nitrogen and oxygen atoms in total. The van der Waals surface area contributed by atoms with E-state index in [2.05, 4.69) is 33.0 Å². The van der Waals surface area contributed by atoms with E-state index in [0.29, 0.717) is 17.2 Å². The summed E-state index contributed by atoms with van der Waals surface area (Å²) in [6.07, 6.45) is 2.18. The van der Waals surface area contributed by atoms with Crippen molar-refractivity contribution in [3.63, 3.8) is 0 Å². The monoisotopic (exact) mass is 219 g/mol. The smallest absolute Gasteiger partial charge is 0.0342 e. The predicted molar refractivity (Wildman–Crippen MR) is 65.1 cm³/mol. The molecule has 0 heterocycles. The minimum atomic E-state index is -0.641. The van der Waals surface area contributed by atoms with Crippen molar-refractivity contribution < 1.29 is 4.21 Å². The molecule has 0 radical (unpaired) electrons. The predicted octanol–water partition coefficient (Wildman–Crippen LogP) is 2.17. The second-order valence-corrected chi connectivity index (χ2v) is 6.28. The number of hydrogen-bond acceptors (Lipinski definition) is 2. The van der Waals surface area contributed by atoms with Gasteiger partial charge in [0.25, 0.3) is 0 Å². The van der Waals surface area contributed by atoms with Crippen LogP contribution < -0.4 is 5.32 Å². The molecule has 86 valence electrons. The van der Waals surface area contributed by atoms with E-state index in [0.717, 1.165) is 18.6 Å². The zero-order chi connectivity index (χ0) is 11.1. The highest BCUT2D eigenvalue weighted by atomic mass is 32.2. The number of nitrogens with one attached hydrogen (secondary N) is 1. The molecule has 0 fully saturated rings. The lowest BCUT2D eigenvalue weighted by Crippen LogP contribution is -2.23. The lowest BCUT2D eigenvalue weighted by atomic mass is 10.2. The standard InChI is InChI=1S/C11H25NOS/c1-9(2)11(4)14(13)8-6-7-10(3)12-5/h9-12H,6-8H2,1-5H3. The molecule has 0 aliphatic rings. The van der Waals surface area contributed by atoms with Gasteiger partial charge in [-0.25, -0.2) is 0 Å². The Bertz CT molecular complexity index is 171. The second kappa shape index (κ2) is 7.41. The Balaban J connectivity index is 3.64. The van der Waals surface area contributed by atoms with Crippen LogP contribution in [0.1, 0.15) is 40.5 Å². The molecule has 0 bridgehead atoms. The molecule has 3 unspecified atom stereocenters. The van der Waals surface area contributed by atoms with Gasteiger partial charge >= 0.3 is 0 Å².